The van der Waals surface area contributed by atoms with Gasteiger partial charge in [-0.15, -0.1) is 0 Å². The van der Waals surface area contributed by atoms with E-state index >= 15 is 0 Å². The van der Waals surface area contributed by atoms with Gasteiger partial charge in [0, 0.05) is 46.4 Å². The maximum absolute atomic E-state index is 12.1. The van der Waals surface area contributed by atoms with E-state index in [9.17, 15) is 4.79 Å². The standard InChI is InChI=1S/C23H31N3O2/c1-28-18-8-13-24-22(27)19-25-14-16-26(17-15-25)23(20-9-4-2-5-10-20)21-11-6-3-7-12-21/h2-7,9-12,23H,8,13-19H2,1H3,(H,24,27). The van der Waals surface area contributed by atoms with E-state index in [0.29, 0.717) is 19.7 Å². The summed E-state index contributed by atoms with van der Waals surface area (Å²) < 4.78 is 5.01. The summed E-state index contributed by atoms with van der Waals surface area (Å²) in [6, 6.07) is 21.6. The van der Waals surface area contributed by atoms with Crippen molar-refractivity contribution in [3.05, 3.63) is 71.8 Å². The van der Waals surface area contributed by atoms with Crippen LogP contribution in [-0.4, -0.2) is 68.7 Å². The number of nitrogens with one attached hydrogen (secondary N) is 1. The molecule has 1 N–H and O–H groups in total. The van der Waals surface area contributed by atoms with Crippen molar-refractivity contribution in [2.24, 2.45) is 0 Å². The molecule has 0 bridgehead atoms. The van der Waals surface area contributed by atoms with Crippen LogP contribution in [0.4, 0.5) is 0 Å². The lowest BCUT2D eigenvalue weighted by Gasteiger charge is -2.39. The van der Waals surface area contributed by atoms with Crippen LogP contribution in [0.1, 0.15) is 23.6 Å². The van der Waals surface area contributed by atoms with Crippen LogP contribution in [0.15, 0.2) is 60.7 Å². The first kappa shape index (κ1) is 20.5. The second-order valence-corrected chi connectivity index (χ2v) is 7.23. The van der Waals surface area contributed by atoms with Crippen molar-refractivity contribution in [3.8, 4) is 0 Å². The van der Waals surface area contributed by atoms with E-state index in [0.717, 1.165) is 32.6 Å². The Balaban J connectivity index is 1.56. The highest BCUT2D eigenvalue weighted by Gasteiger charge is 2.26. The van der Waals surface area contributed by atoms with Gasteiger partial charge in [-0.1, -0.05) is 60.7 Å². The fourth-order valence-corrected chi connectivity index (χ4v) is 3.77. The Morgan fingerprint density at radius 2 is 1.54 bits per heavy atom. The quantitative estimate of drug-likeness (QED) is 0.678. The first-order valence-corrected chi connectivity index (χ1v) is 10.1. The number of carbonyl (C=O) groups excluding carboxylic acids is 1. The van der Waals surface area contributed by atoms with Crippen LogP contribution in [0.5, 0.6) is 0 Å². The Labute approximate surface area is 168 Å². The highest BCUT2D eigenvalue weighted by Crippen LogP contribution is 2.29. The molecule has 1 heterocycles. The Morgan fingerprint density at radius 3 is 2.07 bits per heavy atom. The molecule has 1 fully saturated rings. The lowest BCUT2D eigenvalue weighted by Crippen LogP contribution is -2.50. The SMILES string of the molecule is COCCCNC(=O)CN1CCN(C(c2ccccc2)c2ccccc2)CC1. The molecule has 0 radical (unpaired) electrons. The molecule has 1 aliphatic rings. The van der Waals surface area contributed by atoms with Gasteiger partial charge in [0.05, 0.1) is 12.6 Å². The molecule has 1 aliphatic heterocycles. The van der Waals surface area contributed by atoms with Crippen LogP contribution in [0.25, 0.3) is 0 Å². The third-order valence-electron chi connectivity index (χ3n) is 5.22. The molecule has 5 nitrogen and oxygen atoms in total. The number of carbonyl (C=O) groups is 1. The molecular weight excluding hydrogens is 350 g/mol. The second kappa shape index (κ2) is 11.0. The second-order valence-electron chi connectivity index (χ2n) is 7.23. The van der Waals surface area contributed by atoms with Crippen LogP contribution >= 0.6 is 0 Å². The Hall–Kier alpha value is -2.21. The molecule has 150 valence electrons. The summed E-state index contributed by atoms with van der Waals surface area (Å²) in [5, 5.41) is 2.98. The molecule has 0 unspecified atom stereocenters. The smallest absolute Gasteiger partial charge is 0.234 e. The van der Waals surface area contributed by atoms with Crippen LogP contribution < -0.4 is 5.32 Å². The highest BCUT2D eigenvalue weighted by atomic mass is 16.5. The predicted molar refractivity (Wildman–Crippen MR) is 112 cm³/mol. The lowest BCUT2D eigenvalue weighted by molar-refractivity contribution is -0.122. The molecule has 28 heavy (non-hydrogen) atoms. The third-order valence-corrected chi connectivity index (χ3v) is 5.22. The largest absolute Gasteiger partial charge is 0.385 e. The van der Waals surface area contributed by atoms with Gasteiger partial charge in [0.2, 0.25) is 5.91 Å². The number of ether oxygens (including phenoxy) is 1. The number of amides is 1. The fraction of sp³-hybridized carbons (Fsp3) is 0.435. The van der Waals surface area contributed by atoms with Gasteiger partial charge in [0.15, 0.2) is 0 Å². The molecule has 2 aromatic rings. The number of hydrogen-bond acceptors (Lipinski definition) is 4. The molecule has 0 aromatic heterocycles. The predicted octanol–water partition coefficient (Wildman–Crippen LogP) is 2.55. The molecule has 0 spiro atoms. The lowest BCUT2D eigenvalue weighted by atomic mass is 9.96. The van der Waals surface area contributed by atoms with Gasteiger partial charge in [0.1, 0.15) is 0 Å². The number of methoxy groups -OCH3 is 1. The summed E-state index contributed by atoms with van der Waals surface area (Å²) in [4.78, 5) is 16.9. The van der Waals surface area contributed by atoms with Crippen molar-refractivity contribution in [2.75, 3.05) is 53.0 Å². The average molecular weight is 382 g/mol. The Bertz CT molecular complexity index is 661. The molecule has 0 aliphatic carbocycles. The summed E-state index contributed by atoms with van der Waals surface area (Å²) in [7, 11) is 1.68. The normalized spacial score (nSPS) is 15.6. The number of rotatable bonds is 9. The van der Waals surface area contributed by atoms with Crippen molar-refractivity contribution in [1.29, 1.82) is 0 Å². The van der Waals surface area contributed by atoms with Crippen molar-refractivity contribution < 1.29 is 9.53 Å². The number of hydrogen-bond donors (Lipinski definition) is 1. The van der Waals surface area contributed by atoms with Crippen molar-refractivity contribution in [2.45, 2.75) is 12.5 Å². The molecule has 1 saturated heterocycles. The van der Waals surface area contributed by atoms with Gasteiger partial charge in [-0.3, -0.25) is 14.6 Å². The average Bonchev–Trinajstić information content (AvgIpc) is 2.74. The number of benzene rings is 2. The summed E-state index contributed by atoms with van der Waals surface area (Å²) in [6.07, 6.45) is 0.853. The van der Waals surface area contributed by atoms with Gasteiger partial charge in [-0.05, 0) is 17.5 Å². The minimum Gasteiger partial charge on any atom is -0.385 e. The maximum Gasteiger partial charge on any atom is 0.234 e. The molecule has 0 atom stereocenters. The van der Waals surface area contributed by atoms with Crippen LogP contribution in [0.2, 0.25) is 0 Å². The minimum atomic E-state index is 0.104. The van der Waals surface area contributed by atoms with Crippen LogP contribution in [-0.2, 0) is 9.53 Å². The molecule has 3 rings (SSSR count). The van der Waals surface area contributed by atoms with Gasteiger partial charge in [0.25, 0.3) is 0 Å². The van der Waals surface area contributed by atoms with Gasteiger partial charge < -0.3 is 10.1 Å². The van der Waals surface area contributed by atoms with E-state index in [4.69, 9.17) is 4.74 Å². The molecular formula is C23H31N3O2. The van der Waals surface area contributed by atoms with E-state index in [1.165, 1.54) is 11.1 Å². The summed E-state index contributed by atoms with van der Waals surface area (Å²) in [6.45, 7) is 5.54. The first-order chi connectivity index (χ1) is 13.8. The summed E-state index contributed by atoms with van der Waals surface area (Å²) >= 11 is 0. The van der Waals surface area contributed by atoms with Crippen molar-refractivity contribution >= 4 is 5.91 Å². The molecule has 1 amide bonds. The van der Waals surface area contributed by atoms with Crippen LogP contribution in [0.3, 0.4) is 0 Å². The highest BCUT2D eigenvalue weighted by molar-refractivity contribution is 5.77. The monoisotopic (exact) mass is 381 g/mol. The topological polar surface area (TPSA) is 44.8 Å². The van der Waals surface area contributed by atoms with E-state index < -0.39 is 0 Å². The molecule has 2 aromatic carbocycles. The maximum atomic E-state index is 12.1. The zero-order chi connectivity index (χ0) is 19.6. The van der Waals surface area contributed by atoms with E-state index in [-0.39, 0.29) is 11.9 Å². The van der Waals surface area contributed by atoms with Crippen molar-refractivity contribution in [1.82, 2.24) is 15.1 Å². The van der Waals surface area contributed by atoms with Gasteiger partial charge in [-0.25, -0.2) is 0 Å². The minimum absolute atomic E-state index is 0.104. The fourth-order valence-electron chi connectivity index (χ4n) is 3.77. The summed E-state index contributed by atoms with van der Waals surface area (Å²) in [5.74, 6) is 0.104. The first-order valence-electron chi connectivity index (χ1n) is 10.1. The van der Waals surface area contributed by atoms with E-state index in [1.807, 2.05) is 0 Å². The zero-order valence-corrected chi connectivity index (χ0v) is 16.7. The third kappa shape index (κ3) is 5.89. The van der Waals surface area contributed by atoms with E-state index in [1.54, 1.807) is 7.11 Å². The number of nitrogens with zero attached hydrogens (tertiary/aromatic N) is 2. The van der Waals surface area contributed by atoms with Crippen LogP contribution in [0, 0.1) is 0 Å². The Kier molecular flexibility index (Phi) is 8.03. The number of piperazine rings is 1. The summed E-state index contributed by atoms with van der Waals surface area (Å²) in [5.41, 5.74) is 2.64. The van der Waals surface area contributed by atoms with Gasteiger partial charge >= 0.3 is 0 Å². The van der Waals surface area contributed by atoms with Crippen molar-refractivity contribution in [3.63, 3.8) is 0 Å². The van der Waals surface area contributed by atoms with E-state index in [2.05, 4.69) is 75.8 Å². The zero-order valence-electron chi connectivity index (χ0n) is 16.7. The van der Waals surface area contributed by atoms with Gasteiger partial charge in [-0.2, -0.15) is 0 Å². The molecule has 5 heteroatoms. The Morgan fingerprint density at radius 1 is 0.964 bits per heavy atom. The molecule has 0 saturated carbocycles.